The van der Waals surface area contributed by atoms with Crippen molar-refractivity contribution >= 4 is 153 Å². The van der Waals surface area contributed by atoms with E-state index in [-0.39, 0.29) is 115 Å². The van der Waals surface area contributed by atoms with Crippen LogP contribution in [0, 0.1) is 84.2 Å². The second-order valence-corrected chi connectivity index (χ2v) is 45.8. The van der Waals surface area contributed by atoms with Gasteiger partial charge in [0.1, 0.15) is 50.3 Å². The monoisotopic (exact) mass is 2280 g/mol. The van der Waals surface area contributed by atoms with Crippen molar-refractivity contribution in [3.63, 3.8) is 0 Å². The Hall–Kier alpha value is -9.42. The molecule has 41 heteroatoms. The van der Waals surface area contributed by atoms with Crippen molar-refractivity contribution in [1.29, 1.82) is 0 Å². The number of anilines is 3. The molecule has 14 rings (SSSR count). The third kappa shape index (κ3) is 50.8. The van der Waals surface area contributed by atoms with Gasteiger partial charge in [0.15, 0.2) is 17.4 Å². The molecule has 5 heterocycles. The molecule has 0 spiro atoms. The summed E-state index contributed by atoms with van der Waals surface area (Å²) in [5.41, 5.74) is 16.4. The van der Waals surface area contributed by atoms with Gasteiger partial charge >= 0.3 is 55.4 Å². The molecule has 144 heavy (non-hydrogen) atoms. The number of carbonyl (C=O) groups excluding carboxylic acids is 8. The van der Waals surface area contributed by atoms with Crippen LogP contribution in [0.3, 0.4) is 0 Å². The van der Waals surface area contributed by atoms with Crippen LogP contribution >= 0.6 is 78.8 Å². The number of aryl methyl sites for hydroxylation is 2. The number of ketones is 3. The van der Waals surface area contributed by atoms with Crippen LogP contribution in [-0.2, 0) is 130 Å². The number of aromatic amines is 1. The number of aliphatic hydroxyl groups excluding tert-OH is 2. The fraction of sp³-hybridized carbons (Fsp3) is 0.515. The number of methoxy groups -OCH3 is 3. The molecular weight excluding hydrogens is 2140 g/mol. The number of hydrogen-bond acceptors (Lipinski definition) is 28. The number of ether oxygens (including phenoxy) is 3. The number of halogens is 9. The van der Waals surface area contributed by atoms with Gasteiger partial charge in [-0.2, -0.15) is 9.59 Å². The van der Waals surface area contributed by atoms with E-state index in [2.05, 4.69) is 173 Å². The maximum atomic E-state index is 14.4. The summed E-state index contributed by atoms with van der Waals surface area (Å²) < 4.78 is 91.5. The van der Waals surface area contributed by atoms with Gasteiger partial charge in [-0.25, -0.2) is 42.3 Å². The summed E-state index contributed by atoms with van der Waals surface area (Å²) in [6.45, 7) is 41.4. The number of esters is 3. The Kier molecular flexibility index (Phi) is 57.7. The molecule has 8 aromatic rings. The number of H-pyrrole nitrogens is 1. The third-order valence-corrected chi connectivity index (χ3v) is 24.4. The molecule has 0 saturated heterocycles. The van der Waals surface area contributed by atoms with Crippen molar-refractivity contribution in [2.24, 2.45) is 49.2 Å². The first-order chi connectivity index (χ1) is 66.7. The zero-order chi connectivity index (χ0) is 111. The molecule has 1 atom stereocenters. The summed E-state index contributed by atoms with van der Waals surface area (Å²) in [6.07, 6.45) is 25.0. The van der Waals surface area contributed by atoms with E-state index in [9.17, 15) is 51.5 Å². The Labute approximate surface area is 886 Å². The number of carboxylic acids is 1. The van der Waals surface area contributed by atoms with E-state index in [1.54, 1.807) is 56.0 Å². The molecule has 5 aromatic heterocycles. The van der Waals surface area contributed by atoms with Gasteiger partial charge in [-0.15, -0.1) is 0 Å². The first-order valence-electron chi connectivity index (χ1n) is 45.7. The Morgan fingerprint density at radius 2 is 1.03 bits per heavy atom. The van der Waals surface area contributed by atoms with E-state index >= 15 is 0 Å². The molecule has 2 fully saturated rings. The predicted octanol–water partition coefficient (Wildman–Crippen LogP) is 22.9. The van der Waals surface area contributed by atoms with Gasteiger partial charge in [-0.1, -0.05) is 165 Å². The minimum atomic E-state index is -3.79. The number of fused-ring (bicyclic) bond motifs is 3. The van der Waals surface area contributed by atoms with Crippen molar-refractivity contribution in [3.05, 3.63) is 195 Å². The van der Waals surface area contributed by atoms with Crippen LogP contribution in [0.15, 0.2) is 108 Å². The molecule has 0 bridgehead atoms. The number of nitrogens with two attached hydrogens (primary N) is 1. The molecule has 7 N–H and O–H groups in total. The summed E-state index contributed by atoms with van der Waals surface area (Å²) in [4.78, 5) is 138. The molecule has 794 valence electrons. The first kappa shape index (κ1) is 133. The van der Waals surface area contributed by atoms with Crippen molar-refractivity contribution in [1.82, 2.24) is 39.9 Å². The summed E-state index contributed by atoms with van der Waals surface area (Å²) in [7, 11) is 12.4. The zero-order valence-electron chi connectivity index (χ0n) is 86.2. The molecule has 2 saturated carbocycles. The van der Waals surface area contributed by atoms with Crippen LogP contribution in [0.5, 0.6) is 0 Å². The number of rotatable bonds is 14. The number of hydrogen-bond donors (Lipinski definition) is 6. The number of pyridine rings is 2. The molecule has 6 aliphatic carbocycles. The molecule has 0 amide bonds. The SMILES string of the molecule is CC1(C)C=CC(=O)CC1.CC1(C)CCC(=O)CC1.CC1(C)Cc2nc(-c3cc(Cl)ccc3F)[nH]c(=O)c2C1.CC1(C)Cc2nc(-c3cc(Cl)ccc3F)nc(I)c2C1.CCC(C)(C)CC(=O)O.CCO.CO.COC(=O)C1CC(C)(C)CC1=O.COC(=O)CCC(C)(C)CC(=O)OC.Cc1cnccc1N.Cc1cnccc1Nc1nc(-c2cc(Cl)ccc2F)nc2c1CC(C)(C)C2.O=C=O.O=S(Cl)Cl.[O]=[Cr](=[O])=[O]. The van der Waals surface area contributed by atoms with Gasteiger partial charge < -0.3 is 45.6 Å². The molecule has 0 aliphatic heterocycles. The van der Waals surface area contributed by atoms with Crippen LogP contribution < -0.4 is 16.6 Å². The van der Waals surface area contributed by atoms with Gasteiger partial charge in [0.05, 0.1) is 62.2 Å². The molecule has 0 radical (unpaired) electrons. The first-order valence-corrected chi connectivity index (χ1v) is 52.3. The van der Waals surface area contributed by atoms with E-state index in [1.807, 2.05) is 74.5 Å². The number of allylic oxidation sites excluding steroid dienone is 2. The van der Waals surface area contributed by atoms with Gasteiger partial charge in [0.2, 0.25) is 9.23 Å². The van der Waals surface area contributed by atoms with Crippen LogP contribution in [-0.4, -0.2) is 142 Å². The molecule has 3 aromatic carbocycles. The number of aromatic nitrogens is 8. The quantitative estimate of drug-likeness (QED) is 0.0147. The third-order valence-electron chi connectivity index (χ3n) is 22.9. The number of nitrogen functional groups attached to an aromatic ring is 1. The van der Waals surface area contributed by atoms with Crippen molar-refractivity contribution in [2.45, 2.75) is 260 Å². The summed E-state index contributed by atoms with van der Waals surface area (Å²) in [6, 6.07) is 16.8. The Morgan fingerprint density at radius 3 is 1.42 bits per heavy atom. The second-order valence-electron chi connectivity index (χ2n) is 40.3. The summed E-state index contributed by atoms with van der Waals surface area (Å²) >= 11 is 16.3. The number of carboxylic acid groups (broad SMARTS) is 1. The van der Waals surface area contributed by atoms with Gasteiger partial charge in [-0.05, 0) is 241 Å². The number of nitrogens with zero attached hydrogens (tertiary/aromatic N) is 7. The summed E-state index contributed by atoms with van der Waals surface area (Å²) in [5.74, 6) is -0.803. The summed E-state index contributed by atoms with van der Waals surface area (Å²) in [5, 5.41) is 27.7. The normalized spacial score (nSPS) is 15.6. The van der Waals surface area contributed by atoms with Crippen molar-refractivity contribution in [2.75, 3.05) is 46.1 Å². The van der Waals surface area contributed by atoms with Crippen molar-refractivity contribution in [3.8, 4) is 34.2 Å². The van der Waals surface area contributed by atoms with Crippen LogP contribution in [0.1, 0.15) is 253 Å². The average Bonchev–Trinajstić information content (AvgIpc) is 1.62. The number of aliphatic carboxylic acids is 1. The van der Waals surface area contributed by atoms with Gasteiger partial charge in [0, 0.05) is 141 Å². The number of nitrogens with one attached hydrogen (secondary N) is 2. The fourth-order valence-corrected chi connectivity index (χ4v) is 16.0. The Bertz CT molecular complexity index is 5890. The van der Waals surface area contributed by atoms with E-state index in [0.717, 1.165) is 133 Å². The van der Waals surface area contributed by atoms with Gasteiger partial charge in [0.25, 0.3) is 5.56 Å². The van der Waals surface area contributed by atoms with E-state index in [0.29, 0.717) is 98.9 Å². The second kappa shape index (κ2) is 62.7. The number of carbonyl (C=O) groups is 7. The minimum absolute atomic E-state index is 0.0202. The molecule has 1 unspecified atom stereocenters. The van der Waals surface area contributed by atoms with E-state index in [4.69, 9.17) is 81.1 Å². The van der Waals surface area contributed by atoms with Crippen LogP contribution in [0.4, 0.5) is 30.4 Å². The van der Waals surface area contributed by atoms with Crippen LogP contribution in [0.2, 0.25) is 15.1 Å². The van der Waals surface area contributed by atoms with E-state index in [1.165, 1.54) is 69.4 Å². The fourth-order valence-electron chi connectivity index (χ4n) is 14.7. The Morgan fingerprint density at radius 1 is 0.597 bits per heavy atom. The number of Topliss-reactive ketones (excluding diaryl/α,β-unsaturated/α-hetero) is 2. The van der Waals surface area contributed by atoms with E-state index < -0.39 is 40.9 Å². The standard InChI is InChI=1S/C21H20ClFN4.C15H13ClFIN2.C15H14ClFN2O.C10H18O4.C9H14O3.C8H14O.C8H12O.C7H14O2.C6H8N2.C2H6O.CO2.CH4O.Cl2OS.Cr.3O/c1-12-11-24-7-6-17(12)25-20-15-9-21(2,3)10-18(15)26-19(27-20)14-8-13(22)4-5-16(14)23;1-15(2)6-10-12(7-15)19-14(20-13(10)18)9-5-8(16)3-4-11(9)17;1-15(2)6-10-12(7-15)18-13(19-14(10)20)9-5-8(16)3-4-11(9)17;1-10(2,7-9(12)14-4)6-5-8(11)13-3;1-9(2)4-6(7(10)5-9)8(11)12-3;2*1-8(2)5-3-7(9)4-6-8;1-4-7(2,3)5-6(8)9;1-5-4-8-3-2-6(5)7;1-2-3;2-1-3;1-2;1-4(2)3;;;;/h4-8,11H,9-10H2,1-3H3,(H,24,25,26,27);3-5H,6-7H2,1-2H3;3-5H,6-7H2,1-2H3,(H,18,19,20);5-7H2,1-4H3;6H,4-5H2,1-3H3;3-6H2,1-2H3;3,5H,4,6H2,1-2H3;4-5H2,1-3H3,(H,8,9);2-4H,1H3,(H2,7,8);3H,2H2,1H3;;2H,1H3;;;;;. The van der Waals surface area contributed by atoms with Crippen molar-refractivity contribution < 1.29 is 115 Å². The Balaban J connectivity index is 0.000000815. The average molecular weight is 2280 g/mol. The molecular formula is C103H137Cl5CrF3IN10O20S. The molecule has 30 nitrogen and oxygen atoms in total. The van der Waals surface area contributed by atoms with Crippen LogP contribution in [0.25, 0.3) is 34.2 Å². The zero-order valence-corrected chi connectivity index (χ0v) is 94.3. The maximum absolute atomic E-state index is 14.4. The topological polar surface area (TPSA) is 471 Å². The molecule has 6 aliphatic rings. The predicted molar refractivity (Wildman–Crippen MR) is 556 cm³/mol. The number of aliphatic hydroxyl groups is 2. The van der Waals surface area contributed by atoms with Gasteiger partial charge in [-0.3, -0.25) is 48.3 Å². The number of benzene rings is 3.